The average Bonchev–Trinajstić information content (AvgIpc) is 2.06. The summed E-state index contributed by atoms with van der Waals surface area (Å²) < 4.78 is 0. The van der Waals surface area contributed by atoms with Gasteiger partial charge in [-0.15, -0.1) is 6.58 Å². The molecule has 1 aromatic rings. The molecule has 1 rings (SSSR count). The van der Waals surface area contributed by atoms with Gasteiger partial charge in [0.25, 0.3) is 0 Å². The predicted octanol–water partition coefficient (Wildman–Crippen LogP) is 1.99. The van der Waals surface area contributed by atoms with E-state index >= 15 is 0 Å². The summed E-state index contributed by atoms with van der Waals surface area (Å²) in [6.45, 7) is 3.66. The molecular weight excluding hydrogens is 191 g/mol. The molecule has 14 heavy (non-hydrogen) atoms. The Morgan fingerprint density at radius 2 is 1.71 bits per heavy atom. The fourth-order valence-electron chi connectivity index (χ4n) is 0.781. The van der Waals surface area contributed by atoms with E-state index in [1.54, 1.807) is 0 Å². The summed E-state index contributed by atoms with van der Waals surface area (Å²) in [4.78, 5) is 8.56. The number of carbonyl (C=O) groups is 1. The van der Waals surface area contributed by atoms with E-state index in [4.69, 9.17) is 15.0 Å². The van der Waals surface area contributed by atoms with Crippen LogP contribution in [-0.2, 0) is 6.42 Å². The van der Waals surface area contributed by atoms with Crippen molar-refractivity contribution in [2.45, 2.75) is 6.42 Å². The fourth-order valence-corrected chi connectivity index (χ4v) is 0.781. The summed E-state index contributed by atoms with van der Waals surface area (Å²) in [5, 5.41) is 13.9. The quantitative estimate of drug-likeness (QED) is 0.572. The first kappa shape index (κ1) is 15.7. The molecule has 0 heterocycles. The number of hydrogen-bond donors (Lipinski definition) is 2. The van der Waals surface area contributed by atoms with Gasteiger partial charge >= 0.3 is 35.7 Å². The molecule has 2 N–H and O–H groups in total. The van der Waals surface area contributed by atoms with Crippen LogP contribution in [-0.4, -0.2) is 45.9 Å². The van der Waals surface area contributed by atoms with E-state index in [-0.39, 0.29) is 29.6 Å². The number of benzene rings is 1. The van der Waals surface area contributed by atoms with Crippen molar-refractivity contribution in [2.75, 3.05) is 0 Å². The summed E-state index contributed by atoms with van der Waals surface area (Å²) in [7, 11) is 0. The van der Waals surface area contributed by atoms with Crippen molar-refractivity contribution in [3.63, 3.8) is 0 Å². The molecule has 0 saturated heterocycles. The maximum atomic E-state index is 8.56. The van der Waals surface area contributed by atoms with Gasteiger partial charge in [0.05, 0.1) is 0 Å². The molecule has 0 saturated carbocycles. The maximum absolute atomic E-state index is 8.56. The molecule has 4 heteroatoms. The van der Waals surface area contributed by atoms with Crippen LogP contribution in [0.5, 0.6) is 0 Å². The van der Waals surface area contributed by atoms with Gasteiger partial charge in [0.1, 0.15) is 0 Å². The zero-order chi connectivity index (χ0) is 10.1. The molecule has 0 aromatic heterocycles. The van der Waals surface area contributed by atoms with Gasteiger partial charge in [0.15, 0.2) is 0 Å². The van der Waals surface area contributed by atoms with Gasteiger partial charge in [-0.1, -0.05) is 36.4 Å². The Kier molecular flexibility index (Phi) is 11.6. The molecule has 1 aromatic carbocycles. The van der Waals surface area contributed by atoms with Crippen LogP contribution in [0.15, 0.2) is 43.0 Å². The third kappa shape index (κ3) is 11.2. The van der Waals surface area contributed by atoms with Crippen LogP contribution in [0.4, 0.5) is 4.79 Å². The van der Waals surface area contributed by atoms with E-state index in [1.165, 1.54) is 5.56 Å². The van der Waals surface area contributed by atoms with Crippen molar-refractivity contribution in [3.05, 3.63) is 48.6 Å². The van der Waals surface area contributed by atoms with Gasteiger partial charge in [0.2, 0.25) is 0 Å². The number of rotatable bonds is 2. The Bertz CT molecular complexity index is 255. The standard InChI is InChI=1S/C9H10.CH2O3.Na.H/c1-2-6-9-7-4-3-5-8-9;2-1(3)4;;/h2-5,7-8H,1,6H2;(H2,2,3,4);;. The summed E-state index contributed by atoms with van der Waals surface area (Å²) in [6.07, 6.45) is 1.05. The molecule has 72 valence electrons. The second kappa shape index (κ2) is 10.3. The summed E-state index contributed by atoms with van der Waals surface area (Å²) in [5.74, 6) is 0. The van der Waals surface area contributed by atoms with Crippen LogP contribution in [0, 0.1) is 0 Å². The number of carboxylic acid groups (broad SMARTS) is 2. The van der Waals surface area contributed by atoms with Crippen LogP contribution >= 0.6 is 0 Å². The van der Waals surface area contributed by atoms with Crippen molar-refractivity contribution in [1.29, 1.82) is 0 Å². The normalized spacial score (nSPS) is 7.43. The molecule has 0 atom stereocenters. The monoisotopic (exact) mass is 204 g/mol. The summed E-state index contributed by atoms with van der Waals surface area (Å²) in [6, 6.07) is 10.3. The first-order valence-corrected chi connectivity index (χ1v) is 3.73. The van der Waals surface area contributed by atoms with E-state index in [9.17, 15) is 0 Å². The van der Waals surface area contributed by atoms with Gasteiger partial charge in [0, 0.05) is 0 Å². The molecule has 0 spiro atoms. The molecule has 0 aliphatic rings. The first-order valence-electron chi connectivity index (χ1n) is 3.73. The molecule has 0 fully saturated rings. The Hall–Kier alpha value is -0.770. The van der Waals surface area contributed by atoms with Gasteiger partial charge in [-0.25, -0.2) is 4.79 Å². The second-order valence-electron chi connectivity index (χ2n) is 2.26. The molecule has 0 amide bonds. The summed E-state index contributed by atoms with van der Waals surface area (Å²) >= 11 is 0. The zero-order valence-corrected chi connectivity index (χ0v) is 7.18. The Labute approximate surface area is 105 Å². The van der Waals surface area contributed by atoms with Crippen molar-refractivity contribution in [3.8, 4) is 0 Å². The predicted molar refractivity (Wildman–Crippen MR) is 58.1 cm³/mol. The zero-order valence-electron chi connectivity index (χ0n) is 7.18. The topological polar surface area (TPSA) is 57.5 Å². The van der Waals surface area contributed by atoms with Crippen molar-refractivity contribution in [2.24, 2.45) is 0 Å². The molecule has 0 radical (unpaired) electrons. The van der Waals surface area contributed by atoms with Crippen molar-refractivity contribution in [1.82, 2.24) is 0 Å². The molecule has 0 bridgehead atoms. The van der Waals surface area contributed by atoms with E-state index in [1.807, 2.05) is 24.3 Å². The number of hydrogen-bond acceptors (Lipinski definition) is 1. The molecule has 0 unspecified atom stereocenters. The molecular formula is C10H13NaO3. The Balaban J connectivity index is 0. The second-order valence-corrected chi connectivity index (χ2v) is 2.26. The van der Waals surface area contributed by atoms with Crippen LogP contribution < -0.4 is 0 Å². The average molecular weight is 204 g/mol. The van der Waals surface area contributed by atoms with E-state index < -0.39 is 6.16 Å². The van der Waals surface area contributed by atoms with Crippen molar-refractivity contribution < 1.29 is 15.0 Å². The molecule has 0 aliphatic heterocycles. The minimum absolute atomic E-state index is 0. The van der Waals surface area contributed by atoms with Crippen LogP contribution in [0.2, 0.25) is 0 Å². The third-order valence-corrected chi connectivity index (χ3v) is 1.22. The third-order valence-electron chi connectivity index (χ3n) is 1.22. The number of allylic oxidation sites excluding steroid dienone is 1. The van der Waals surface area contributed by atoms with Gasteiger partial charge in [-0.3, -0.25) is 0 Å². The van der Waals surface area contributed by atoms with Gasteiger partial charge < -0.3 is 10.2 Å². The van der Waals surface area contributed by atoms with Gasteiger partial charge in [-0.05, 0) is 12.0 Å². The Morgan fingerprint density at radius 1 is 1.29 bits per heavy atom. The summed E-state index contributed by atoms with van der Waals surface area (Å²) in [5.41, 5.74) is 1.33. The fraction of sp³-hybridized carbons (Fsp3) is 0.100. The molecule has 0 aliphatic carbocycles. The molecule has 3 nitrogen and oxygen atoms in total. The first-order chi connectivity index (χ1) is 6.16. The van der Waals surface area contributed by atoms with E-state index in [0.29, 0.717) is 0 Å². The Morgan fingerprint density at radius 3 is 2.07 bits per heavy atom. The van der Waals surface area contributed by atoms with Crippen LogP contribution in [0.3, 0.4) is 0 Å². The van der Waals surface area contributed by atoms with Crippen LogP contribution in [0.1, 0.15) is 5.56 Å². The van der Waals surface area contributed by atoms with Crippen LogP contribution in [0.25, 0.3) is 0 Å². The van der Waals surface area contributed by atoms with Crippen molar-refractivity contribution >= 4 is 35.7 Å². The van der Waals surface area contributed by atoms with E-state index in [2.05, 4.69) is 18.7 Å². The van der Waals surface area contributed by atoms with E-state index in [0.717, 1.165) is 6.42 Å². The SMILES string of the molecule is C=CCc1ccccc1.O=C(O)O.[NaH]. The van der Waals surface area contributed by atoms with Gasteiger partial charge in [-0.2, -0.15) is 0 Å². The minimum atomic E-state index is -1.83.